The van der Waals surface area contributed by atoms with Gasteiger partial charge in [0.2, 0.25) is 0 Å². The fourth-order valence-electron chi connectivity index (χ4n) is 2.96. The molecule has 2 N–H and O–H groups in total. The van der Waals surface area contributed by atoms with Gasteiger partial charge in [-0.2, -0.15) is 0 Å². The summed E-state index contributed by atoms with van der Waals surface area (Å²) in [5.74, 6) is -4.02. The van der Waals surface area contributed by atoms with Crippen molar-refractivity contribution in [2.75, 3.05) is 19.0 Å². The molecule has 0 fully saturated rings. The Hall–Kier alpha value is -3.18. The summed E-state index contributed by atoms with van der Waals surface area (Å²) < 4.78 is 26.8. The van der Waals surface area contributed by atoms with E-state index in [0.29, 0.717) is 10.8 Å². The standard InChI is InChI=1S/C19H22N2O8S/c1-12(22)29-21(16(19(25)26)10-11-18(23)24)30(27,28)17-9-5-6-13-14(17)7-4-8-15(13)20(2)3/h4-9,16H,10-11H2,1-3H3,(H,23,24)(H,25,26)/t16-/m0/s1. The lowest BCUT2D eigenvalue weighted by Crippen LogP contribution is -2.46. The molecule has 0 heterocycles. The maximum Gasteiger partial charge on any atom is 0.325 e. The summed E-state index contributed by atoms with van der Waals surface area (Å²) in [6, 6.07) is 7.53. The van der Waals surface area contributed by atoms with Crippen molar-refractivity contribution in [3.8, 4) is 0 Å². The number of carbonyl (C=O) groups is 3. The van der Waals surface area contributed by atoms with Crippen LogP contribution in [0.15, 0.2) is 41.3 Å². The summed E-state index contributed by atoms with van der Waals surface area (Å²) in [6.45, 7) is 0.922. The summed E-state index contributed by atoms with van der Waals surface area (Å²) in [4.78, 5) is 40.5. The largest absolute Gasteiger partial charge is 0.481 e. The van der Waals surface area contributed by atoms with Gasteiger partial charge in [0, 0.05) is 43.9 Å². The quantitative estimate of drug-likeness (QED) is 0.559. The third kappa shape index (κ3) is 4.86. The zero-order chi connectivity index (χ0) is 22.6. The summed E-state index contributed by atoms with van der Waals surface area (Å²) in [7, 11) is -1.09. The highest BCUT2D eigenvalue weighted by atomic mass is 32.2. The normalized spacial score (nSPS) is 12.5. The number of nitrogens with zero attached hydrogens (tertiary/aromatic N) is 2. The molecule has 10 nitrogen and oxygen atoms in total. The molecule has 0 amide bonds. The monoisotopic (exact) mass is 438 g/mol. The van der Waals surface area contributed by atoms with E-state index < -0.39 is 46.8 Å². The number of benzene rings is 2. The third-order valence-electron chi connectivity index (χ3n) is 4.25. The number of aliphatic carboxylic acids is 2. The number of sulfonamides is 1. The molecule has 1 atom stereocenters. The predicted octanol–water partition coefficient (Wildman–Crippen LogP) is 1.69. The average molecular weight is 438 g/mol. The molecule has 0 aromatic heterocycles. The molecule has 162 valence electrons. The Labute approximate surface area is 173 Å². The second-order valence-electron chi connectivity index (χ2n) is 6.65. The van der Waals surface area contributed by atoms with Crippen LogP contribution in [-0.2, 0) is 29.2 Å². The molecule has 30 heavy (non-hydrogen) atoms. The first-order valence-electron chi connectivity index (χ1n) is 8.83. The smallest absolute Gasteiger partial charge is 0.325 e. The highest BCUT2D eigenvalue weighted by molar-refractivity contribution is 7.89. The lowest BCUT2D eigenvalue weighted by atomic mass is 10.1. The molecule has 0 aliphatic carbocycles. The van der Waals surface area contributed by atoms with Crippen LogP contribution in [-0.4, -0.2) is 61.1 Å². The SMILES string of the molecule is CC(=O)ON([C@@H](CCC(=O)O)C(=O)O)S(=O)(=O)c1cccc2c(N(C)C)cccc12. The van der Waals surface area contributed by atoms with Gasteiger partial charge in [-0.05, 0) is 23.0 Å². The molecule has 0 unspecified atom stereocenters. The van der Waals surface area contributed by atoms with Crippen LogP contribution in [0.25, 0.3) is 10.8 Å². The highest BCUT2D eigenvalue weighted by Gasteiger charge is 2.40. The van der Waals surface area contributed by atoms with E-state index >= 15 is 0 Å². The van der Waals surface area contributed by atoms with Crippen molar-refractivity contribution in [1.82, 2.24) is 4.47 Å². The van der Waals surface area contributed by atoms with Crippen molar-refractivity contribution in [3.05, 3.63) is 36.4 Å². The zero-order valence-corrected chi connectivity index (χ0v) is 17.4. The Morgan fingerprint density at radius 3 is 2.17 bits per heavy atom. The van der Waals surface area contributed by atoms with Gasteiger partial charge in [0.1, 0.15) is 0 Å². The summed E-state index contributed by atoms with van der Waals surface area (Å²) in [6.07, 6.45) is -1.23. The van der Waals surface area contributed by atoms with Crippen LogP contribution >= 0.6 is 0 Å². The first-order chi connectivity index (χ1) is 14.0. The Balaban J connectivity index is 2.69. The zero-order valence-electron chi connectivity index (χ0n) is 16.6. The fraction of sp³-hybridized carbons (Fsp3) is 0.316. The Bertz CT molecular complexity index is 1080. The molecule has 2 rings (SSSR count). The second-order valence-corrected chi connectivity index (χ2v) is 8.40. The molecule has 0 bridgehead atoms. The second kappa shape index (κ2) is 9.09. The molecule has 11 heteroatoms. The highest BCUT2D eigenvalue weighted by Crippen LogP contribution is 2.32. The van der Waals surface area contributed by atoms with Crippen molar-refractivity contribution in [2.45, 2.75) is 30.7 Å². The molecular weight excluding hydrogens is 416 g/mol. The molecule has 0 aliphatic heterocycles. The van der Waals surface area contributed by atoms with Crippen LogP contribution in [0.1, 0.15) is 19.8 Å². The molecule has 0 spiro atoms. The van der Waals surface area contributed by atoms with E-state index in [1.54, 1.807) is 43.3 Å². The van der Waals surface area contributed by atoms with E-state index in [2.05, 4.69) is 0 Å². The van der Waals surface area contributed by atoms with Crippen molar-refractivity contribution in [1.29, 1.82) is 0 Å². The number of fused-ring (bicyclic) bond motifs is 1. The van der Waals surface area contributed by atoms with Crippen LogP contribution < -0.4 is 4.90 Å². The fourth-order valence-corrected chi connectivity index (χ4v) is 4.60. The Kier molecular flexibility index (Phi) is 7.00. The minimum absolute atomic E-state index is 0.0811. The van der Waals surface area contributed by atoms with Gasteiger partial charge in [0.05, 0.1) is 4.90 Å². The molecule has 2 aromatic rings. The number of hydrogen-bond acceptors (Lipinski definition) is 7. The summed E-state index contributed by atoms with van der Waals surface area (Å²) in [5, 5.41) is 19.3. The van der Waals surface area contributed by atoms with Gasteiger partial charge in [-0.1, -0.05) is 24.3 Å². The van der Waals surface area contributed by atoms with Crippen LogP contribution in [0.5, 0.6) is 0 Å². The topological polar surface area (TPSA) is 142 Å². The number of hydrogen-bond donors (Lipinski definition) is 2. The van der Waals surface area contributed by atoms with Crippen molar-refractivity contribution >= 4 is 44.4 Å². The number of anilines is 1. The first-order valence-corrected chi connectivity index (χ1v) is 10.3. The number of rotatable bonds is 9. The number of carbonyl (C=O) groups excluding carboxylic acids is 1. The Morgan fingerprint density at radius 2 is 1.63 bits per heavy atom. The lowest BCUT2D eigenvalue weighted by molar-refractivity contribution is -0.179. The van der Waals surface area contributed by atoms with Crippen LogP contribution in [0, 0.1) is 0 Å². The maximum absolute atomic E-state index is 13.4. The minimum Gasteiger partial charge on any atom is -0.481 e. The number of carboxylic acid groups (broad SMARTS) is 2. The van der Waals surface area contributed by atoms with E-state index in [-0.39, 0.29) is 9.36 Å². The average Bonchev–Trinajstić information content (AvgIpc) is 2.65. The van der Waals surface area contributed by atoms with Crippen molar-refractivity contribution < 1.29 is 37.9 Å². The summed E-state index contributed by atoms with van der Waals surface area (Å²) in [5.41, 5.74) is 0.726. The van der Waals surface area contributed by atoms with Crippen molar-refractivity contribution in [2.24, 2.45) is 0 Å². The van der Waals surface area contributed by atoms with E-state index in [0.717, 1.165) is 12.6 Å². The van der Waals surface area contributed by atoms with Gasteiger partial charge in [-0.3, -0.25) is 14.4 Å². The molecule has 0 saturated carbocycles. The van der Waals surface area contributed by atoms with Gasteiger partial charge in [0.25, 0.3) is 10.0 Å². The van der Waals surface area contributed by atoms with E-state index in [1.807, 2.05) is 0 Å². The van der Waals surface area contributed by atoms with Gasteiger partial charge in [-0.25, -0.2) is 8.42 Å². The summed E-state index contributed by atoms with van der Waals surface area (Å²) >= 11 is 0. The first kappa shape index (κ1) is 23.1. The molecule has 0 aliphatic rings. The van der Waals surface area contributed by atoms with Gasteiger partial charge in [0.15, 0.2) is 6.04 Å². The third-order valence-corrected chi connectivity index (χ3v) is 5.96. The predicted molar refractivity (Wildman–Crippen MR) is 107 cm³/mol. The number of carboxylic acids is 2. The van der Waals surface area contributed by atoms with Gasteiger partial charge in [-0.15, -0.1) is 0 Å². The van der Waals surface area contributed by atoms with Crippen LogP contribution in [0.4, 0.5) is 5.69 Å². The lowest BCUT2D eigenvalue weighted by Gasteiger charge is -2.26. The van der Waals surface area contributed by atoms with E-state index in [4.69, 9.17) is 9.94 Å². The van der Waals surface area contributed by atoms with Crippen LogP contribution in [0.2, 0.25) is 0 Å². The molecule has 0 saturated heterocycles. The van der Waals surface area contributed by atoms with E-state index in [9.17, 15) is 27.9 Å². The molecule has 2 aromatic carbocycles. The van der Waals surface area contributed by atoms with Gasteiger partial charge >= 0.3 is 17.9 Å². The van der Waals surface area contributed by atoms with E-state index in [1.165, 1.54) is 12.1 Å². The van der Waals surface area contributed by atoms with Crippen molar-refractivity contribution in [3.63, 3.8) is 0 Å². The molecular formula is C19H22N2O8S. The Morgan fingerprint density at radius 1 is 1.03 bits per heavy atom. The maximum atomic E-state index is 13.4. The minimum atomic E-state index is -4.66. The number of hydroxylamine groups is 1. The molecule has 0 radical (unpaired) electrons. The van der Waals surface area contributed by atoms with Gasteiger partial charge < -0.3 is 20.0 Å². The van der Waals surface area contributed by atoms with Crippen LogP contribution in [0.3, 0.4) is 0 Å².